The van der Waals surface area contributed by atoms with Gasteiger partial charge in [0.25, 0.3) is 0 Å². The highest BCUT2D eigenvalue weighted by Gasteiger charge is 2.10. The van der Waals surface area contributed by atoms with E-state index in [1.54, 1.807) is 7.11 Å². The van der Waals surface area contributed by atoms with Crippen LogP contribution < -0.4 is 10.5 Å². The van der Waals surface area contributed by atoms with Crippen LogP contribution in [0, 0.1) is 0 Å². The maximum Gasteiger partial charge on any atom is 0.118 e. The standard InChI is InChI=1S/C11H17NO.HI/c1-11(2,12)8-9-4-6-10(13-3)7-5-9;/h4-7H,8,12H2,1-3H3;1H. The predicted octanol–water partition coefficient (Wildman–Crippen LogP) is 2.59. The van der Waals surface area contributed by atoms with Crippen molar-refractivity contribution in [3.8, 4) is 5.75 Å². The first-order chi connectivity index (χ1) is 6.01. The van der Waals surface area contributed by atoms with Gasteiger partial charge < -0.3 is 10.5 Å². The van der Waals surface area contributed by atoms with Crippen LogP contribution in [0.15, 0.2) is 24.3 Å². The molecular weight excluding hydrogens is 289 g/mol. The van der Waals surface area contributed by atoms with E-state index in [4.69, 9.17) is 10.5 Å². The van der Waals surface area contributed by atoms with Crippen LogP contribution in [0.25, 0.3) is 0 Å². The molecule has 0 aliphatic heterocycles. The number of rotatable bonds is 3. The minimum Gasteiger partial charge on any atom is -0.497 e. The maximum absolute atomic E-state index is 5.91. The highest BCUT2D eigenvalue weighted by atomic mass is 127. The fourth-order valence-corrected chi connectivity index (χ4v) is 1.27. The van der Waals surface area contributed by atoms with Crippen molar-refractivity contribution in [1.82, 2.24) is 0 Å². The van der Waals surface area contributed by atoms with Crippen LogP contribution in [0.5, 0.6) is 5.75 Å². The van der Waals surface area contributed by atoms with Crippen LogP contribution >= 0.6 is 24.0 Å². The lowest BCUT2D eigenvalue weighted by Crippen LogP contribution is -2.34. The second-order valence-corrected chi connectivity index (χ2v) is 4.01. The van der Waals surface area contributed by atoms with Crippen LogP contribution in [0.2, 0.25) is 0 Å². The normalized spacial score (nSPS) is 10.6. The van der Waals surface area contributed by atoms with Crippen molar-refractivity contribution in [2.24, 2.45) is 5.73 Å². The summed E-state index contributed by atoms with van der Waals surface area (Å²) in [5.74, 6) is 0.888. The third-order valence-corrected chi connectivity index (χ3v) is 1.82. The van der Waals surface area contributed by atoms with Gasteiger partial charge in [0, 0.05) is 5.54 Å². The van der Waals surface area contributed by atoms with E-state index in [-0.39, 0.29) is 29.5 Å². The van der Waals surface area contributed by atoms with E-state index in [1.807, 2.05) is 38.1 Å². The molecule has 0 unspecified atom stereocenters. The minimum absolute atomic E-state index is 0. The van der Waals surface area contributed by atoms with Crippen molar-refractivity contribution < 1.29 is 4.74 Å². The number of benzene rings is 1. The Labute approximate surface area is 103 Å². The monoisotopic (exact) mass is 307 g/mol. The lowest BCUT2D eigenvalue weighted by molar-refractivity contribution is 0.414. The molecule has 1 aromatic rings. The van der Waals surface area contributed by atoms with Crippen LogP contribution in [-0.4, -0.2) is 12.6 Å². The Morgan fingerprint density at radius 1 is 1.21 bits per heavy atom. The zero-order valence-electron chi connectivity index (χ0n) is 8.91. The molecule has 0 atom stereocenters. The highest BCUT2D eigenvalue weighted by molar-refractivity contribution is 14.0. The zero-order chi connectivity index (χ0) is 9.90. The average Bonchev–Trinajstić information content (AvgIpc) is 2.03. The summed E-state index contributed by atoms with van der Waals surface area (Å²) in [4.78, 5) is 0. The highest BCUT2D eigenvalue weighted by Crippen LogP contribution is 2.14. The van der Waals surface area contributed by atoms with Crippen molar-refractivity contribution in [2.45, 2.75) is 25.8 Å². The molecule has 0 saturated carbocycles. The molecule has 0 radical (unpaired) electrons. The molecule has 0 heterocycles. The summed E-state index contributed by atoms with van der Waals surface area (Å²) >= 11 is 0. The molecule has 0 spiro atoms. The number of halogens is 1. The third-order valence-electron chi connectivity index (χ3n) is 1.82. The van der Waals surface area contributed by atoms with E-state index in [2.05, 4.69) is 0 Å². The Bertz CT molecular complexity index is 264. The van der Waals surface area contributed by atoms with Gasteiger partial charge in [0.15, 0.2) is 0 Å². The lowest BCUT2D eigenvalue weighted by Gasteiger charge is -2.18. The van der Waals surface area contributed by atoms with Crippen LogP contribution in [0.1, 0.15) is 19.4 Å². The topological polar surface area (TPSA) is 35.2 Å². The minimum atomic E-state index is -0.144. The SMILES string of the molecule is COc1ccc(CC(C)(C)N)cc1.I. The zero-order valence-corrected chi connectivity index (χ0v) is 11.2. The van der Waals surface area contributed by atoms with Crippen molar-refractivity contribution in [1.29, 1.82) is 0 Å². The third kappa shape index (κ3) is 4.81. The lowest BCUT2D eigenvalue weighted by atomic mass is 9.96. The Hall–Kier alpha value is -0.290. The van der Waals surface area contributed by atoms with Crippen LogP contribution in [0.4, 0.5) is 0 Å². The first kappa shape index (κ1) is 13.7. The van der Waals surface area contributed by atoms with E-state index in [9.17, 15) is 0 Å². The van der Waals surface area contributed by atoms with Crippen molar-refractivity contribution in [3.05, 3.63) is 29.8 Å². The molecule has 1 aromatic carbocycles. The Morgan fingerprint density at radius 3 is 2.07 bits per heavy atom. The van der Waals surface area contributed by atoms with Crippen LogP contribution in [0.3, 0.4) is 0 Å². The number of ether oxygens (including phenoxy) is 1. The van der Waals surface area contributed by atoms with Gasteiger partial charge in [-0.05, 0) is 38.0 Å². The number of hydrogen-bond acceptors (Lipinski definition) is 2. The van der Waals surface area contributed by atoms with Crippen LogP contribution in [-0.2, 0) is 6.42 Å². The van der Waals surface area contributed by atoms with E-state index >= 15 is 0 Å². The van der Waals surface area contributed by atoms with Crippen molar-refractivity contribution in [3.63, 3.8) is 0 Å². The van der Waals surface area contributed by atoms with Gasteiger partial charge in [-0.3, -0.25) is 0 Å². The van der Waals surface area contributed by atoms with Gasteiger partial charge in [0.05, 0.1) is 7.11 Å². The number of methoxy groups -OCH3 is 1. The van der Waals surface area contributed by atoms with Gasteiger partial charge in [-0.15, -0.1) is 24.0 Å². The molecule has 0 aromatic heterocycles. The maximum atomic E-state index is 5.91. The van der Waals surface area contributed by atoms with Gasteiger partial charge >= 0.3 is 0 Å². The molecule has 1 rings (SSSR count). The van der Waals surface area contributed by atoms with E-state index in [1.165, 1.54) is 5.56 Å². The molecule has 0 fully saturated rings. The largest absolute Gasteiger partial charge is 0.497 e. The molecular formula is C11H18INO. The first-order valence-corrected chi connectivity index (χ1v) is 4.43. The summed E-state index contributed by atoms with van der Waals surface area (Å²) in [5.41, 5.74) is 7.01. The van der Waals surface area contributed by atoms with Gasteiger partial charge in [-0.2, -0.15) is 0 Å². The Morgan fingerprint density at radius 2 is 1.71 bits per heavy atom. The molecule has 80 valence electrons. The molecule has 0 saturated heterocycles. The molecule has 2 N–H and O–H groups in total. The fraction of sp³-hybridized carbons (Fsp3) is 0.455. The summed E-state index contributed by atoms with van der Waals surface area (Å²) in [5, 5.41) is 0. The smallest absolute Gasteiger partial charge is 0.118 e. The molecule has 2 nitrogen and oxygen atoms in total. The second-order valence-electron chi connectivity index (χ2n) is 4.01. The molecule has 0 bridgehead atoms. The summed E-state index contributed by atoms with van der Waals surface area (Å²) in [7, 11) is 1.67. The summed E-state index contributed by atoms with van der Waals surface area (Å²) in [6, 6.07) is 8.02. The number of nitrogens with two attached hydrogens (primary N) is 1. The van der Waals surface area contributed by atoms with Crippen molar-refractivity contribution in [2.75, 3.05) is 7.11 Å². The van der Waals surface area contributed by atoms with E-state index < -0.39 is 0 Å². The second kappa shape index (κ2) is 5.56. The molecule has 0 aliphatic rings. The first-order valence-electron chi connectivity index (χ1n) is 4.43. The summed E-state index contributed by atoms with van der Waals surface area (Å²) < 4.78 is 5.07. The van der Waals surface area contributed by atoms with Gasteiger partial charge in [-0.25, -0.2) is 0 Å². The van der Waals surface area contributed by atoms with E-state index in [0.29, 0.717) is 0 Å². The van der Waals surface area contributed by atoms with Gasteiger partial charge in [0.2, 0.25) is 0 Å². The summed E-state index contributed by atoms with van der Waals surface area (Å²) in [6.45, 7) is 4.05. The predicted molar refractivity (Wildman–Crippen MR) is 70.4 cm³/mol. The quantitative estimate of drug-likeness (QED) is 0.871. The molecule has 14 heavy (non-hydrogen) atoms. The van der Waals surface area contributed by atoms with E-state index in [0.717, 1.165) is 12.2 Å². The number of hydrogen-bond donors (Lipinski definition) is 1. The molecule has 0 aliphatic carbocycles. The summed E-state index contributed by atoms with van der Waals surface area (Å²) in [6.07, 6.45) is 0.886. The van der Waals surface area contributed by atoms with Gasteiger partial charge in [-0.1, -0.05) is 12.1 Å². The Balaban J connectivity index is 0.00000169. The molecule has 3 heteroatoms. The van der Waals surface area contributed by atoms with Gasteiger partial charge in [0.1, 0.15) is 5.75 Å². The molecule has 0 amide bonds. The fourth-order valence-electron chi connectivity index (χ4n) is 1.27. The van der Waals surface area contributed by atoms with Crippen molar-refractivity contribution >= 4 is 24.0 Å². The average molecular weight is 307 g/mol. The Kier molecular flexibility index (Phi) is 5.44.